The number of hydrogen-bond acceptors (Lipinski definition) is 1. The van der Waals surface area contributed by atoms with Gasteiger partial charge in [0.25, 0.3) is 0 Å². The van der Waals surface area contributed by atoms with E-state index < -0.39 is 6.04 Å². The lowest BCUT2D eigenvalue weighted by Crippen LogP contribution is -2.24. The van der Waals surface area contributed by atoms with Gasteiger partial charge in [-0.3, -0.25) is 0 Å². The predicted octanol–water partition coefficient (Wildman–Crippen LogP) is 4.43. The number of nitrogens with zero attached hydrogens (tertiary/aromatic N) is 2. The van der Waals surface area contributed by atoms with Crippen LogP contribution >= 0.6 is 6.04 Å². The van der Waals surface area contributed by atoms with Crippen molar-refractivity contribution in [2.75, 3.05) is 0 Å². The van der Waals surface area contributed by atoms with Gasteiger partial charge in [0.1, 0.15) is 0 Å². The van der Waals surface area contributed by atoms with Gasteiger partial charge in [-0.25, -0.2) is 0 Å². The molecule has 0 saturated heterocycles. The Morgan fingerprint density at radius 2 is 1.04 bits per heavy atom. The molecule has 138 valence electrons. The average Bonchev–Trinajstić information content (AvgIpc) is 3.27. The Kier molecular flexibility index (Phi) is 4.04. The molecule has 0 saturated carbocycles. The molecule has 5 rings (SSSR count). The summed E-state index contributed by atoms with van der Waals surface area (Å²) in [6.45, 7) is 0. The van der Waals surface area contributed by atoms with E-state index in [9.17, 15) is 0 Å². The fourth-order valence-corrected chi connectivity index (χ4v) is 8.56. The maximum absolute atomic E-state index is 6.67. The van der Waals surface area contributed by atoms with Crippen molar-refractivity contribution in [3.8, 4) is 0 Å². The first kappa shape index (κ1) is 17.5. The molecule has 0 unspecified atom stereocenters. The third-order valence-electron chi connectivity index (χ3n) is 5.55. The fourth-order valence-electron chi connectivity index (χ4n) is 4.19. The molecule has 0 spiro atoms. The largest absolute Gasteiger partial charge is 0.350 e. The van der Waals surface area contributed by atoms with Crippen LogP contribution in [0.4, 0.5) is 0 Å². The molecule has 0 amide bonds. The van der Waals surface area contributed by atoms with E-state index in [2.05, 4.69) is 114 Å². The molecule has 0 radical (unpaired) electrons. The number of aromatic nitrogens is 2. The molecule has 0 aliphatic carbocycles. The van der Waals surface area contributed by atoms with Crippen molar-refractivity contribution in [3.63, 3.8) is 0 Å². The van der Waals surface area contributed by atoms with Crippen molar-refractivity contribution in [2.45, 2.75) is 0 Å². The molecule has 5 aromatic rings. The zero-order valence-electron chi connectivity index (χ0n) is 15.9. The summed E-state index contributed by atoms with van der Waals surface area (Å²) in [6.07, 6.45) is 4.50. The quantitative estimate of drug-likeness (QED) is 0.408. The van der Waals surface area contributed by atoms with Crippen LogP contribution in [0.3, 0.4) is 0 Å². The van der Waals surface area contributed by atoms with E-state index in [0.717, 1.165) is 0 Å². The Labute approximate surface area is 170 Å². The van der Waals surface area contributed by atoms with Crippen LogP contribution in [0.25, 0.3) is 21.8 Å². The normalized spacial score (nSPS) is 12.1. The van der Waals surface area contributed by atoms with Crippen molar-refractivity contribution < 1.29 is 0 Å². The van der Waals surface area contributed by atoms with E-state index in [0.29, 0.717) is 0 Å². The zero-order valence-corrected chi connectivity index (χ0v) is 17.6. The standard InChI is InChI=1S/C24H21N2PS/c1-25-16-23(19-12-6-8-14-21(19)25)27(28,18-10-4-3-5-11-18)24-17-26(2)22-15-9-7-13-20(22)24/h3-17H,1-2H3. The van der Waals surface area contributed by atoms with Crippen LogP contribution in [-0.4, -0.2) is 9.13 Å². The molecule has 0 aliphatic rings. The van der Waals surface area contributed by atoms with Gasteiger partial charge in [-0.1, -0.05) is 78.5 Å². The van der Waals surface area contributed by atoms with Crippen molar-refractivity contribution in [1.29, 1.82) is 0 Å². The second-order valence-corrected chi connectivity index (χ2v) is 11.6. The predicted molar refractivity (Wildman–Crippen MR) is 125 cm³/mol. The molecular weight excluding hydrogens is 379 g/mol. The summed E-state index contributed by atoms with van der Waals surface area (Å²) in [7, 11) is 4.22. The Morgan fingerprint density at radius 1 is 0.607 bits per heavy atom. The summed E-state index contributed by atoms with van der Waals surface area (Å²) in [4.78, 5) is 0. The molecule has 4 heteroatoms. The third-order valence-corrected chi connectivity index (χ3v) is 10.5. The topological polar surface area (TPSA) is 9.86 Å². The van der Waals surface area contributed by atoms with Crippen molar-refractivity contribution in [2.24, 2.45) is 14.1 Å². The summed E-state index contributed by atoms with van der Waals surface area (Å²) in [5.74, 6) is 0. The van der Waals surface area contributed by atoms with Gasteiger partial charge in [0.2, 0.25) is 0 Å². The first-order valence-corrected chi connectivity index (χ1v) is 12.2. The highest BCUT2D eigenvalue weighted by molar-refractivity contribution is 8.25. The lowest BCUT2D eigenvalue weighted by atomic mass is 10.2. The molecule has 0 atom stereocenters. The van der Waals surface area contributed by atoms with Crippen LogP contribution in [0.15, 0.2) is 91.3 Å². The Bertz CT molecular complexity index is 1280. The maximum atomic E-state index is 6.67. The Hall–Kier alpha value is -2.61. The maximum Gasteiger partial charge on any atom is 0.0484 e. The van der Waals surface area contributed by atoms with Crippen LogP contribution in [-0.2, 0) is 25.9 Å². The van der Waals surface area contributed by atoms with E-state index >= 15 is 0 Å². The van der Waals surface area contributed by atoms with Crippen LogP contribution in [0.1, 0.15) is 0 Å². The SMILES string of the molecule is Cn1cc(P(=S)(c2ccccc2)c2cn(C)c3ccccc23)c2ccccc21. The van der Waals surface area contributed by atoms with Crippen molar-refractivity contribution >= 4 is 55.6 Å². The number of aryl methyl sites for hydroxylation is 2. The van der Waals surface area contributed by atoms with Gasteiger partial charge in [-0.15, -0.1) is 0 Å². The smallest absolute Gasteiger partial charge is 0.0484 e. The molecule has 0 bridgehead atoms. The molecular formula is C24H21N2PS. The molecule has 0 N–H and O–H groups in total. The average molecular weight is 400 g/mol. The summed E-state index contributed by atoms with van der Waals surface area (Å²) < 4.78 is 4.42. The minimum atomic E-state index is -2.23. The van der Waals surface area contributed by atoms with E-state index in [1.54, 1.807) is 0 Å². The van der Waals surface area contributed by atoms with E-state index in [-0.39, 0.29) is 0 Å². The Balaban J connectivity index is 1.94. The van der Waals surface area contributed by atoms with E-state index in [1.165, 1.54) is 37.7 Å². The van der Waals surface area contributed by atoms with Crippen LogP contribution in [0, 0.1) is 0 Å². The molecule has 3 aromatic carbocycles. The summed E-state index contributed by atoms with van der Waals surface area (Å²) in [5.41, 5.74) is 2.45. The Morgan fingerprint density at radius 3 is 1.54 bits per heavy atom. The number of fused-ring (bicyclic) bond motifs is 2. The summed E-state index contributed by atoms with van der Waals surface area (Å²) in [5, 5.41) is 6.28. The highest BCUT2D eigenvalue weighted by atomic mass is 32.4. The van der Waals surface area contributed by atoms with Gasteiger partial charge in [0.15, 0.2) is 0 Å². The van der Waals surface area contributed by atoms with Crippen molar-refractivity contribution in [1.82, 2.24) is 9.13 Å². The lowest BCUT2D eigenvalue weighted by molar-refractivity contribution is 0.971. The summed E-state index contributed by atoms with van der Waals surface area (Å²) >= 11 is 6.67. The van der Waals surface area contributed by atoms with Gasteiger partial charge < -0.3 is 9.13 Å². The number of para-hydroxylation sites is 2. The molecule has 2 aromatic heterocycles. The minimum Gasteiger partial charge on any atom is -0.350 e. The highest BCUT2D eigenvalue weighted by Crippen LogP contribution is 2.47. The molecule has 2 nitrogen and oxygen atoms in total. The van der Waals surface area contributed by atoms with Gasteiger partial charge in [-0.2, -0.15) is 0 Å². The number of hydrogen-bond donors (Lipinski definition) is 0. The molecule has 2 heterocycles. The second kappa shape index (κ2) is 6.48. The van der Waals surface area contributed by atoms with Gasteiger partial charge in [-0.05, 0) is 17.4 Å². The van der Waals surface area contributed by atoms with E-state index in [4.69, 9.17) is 11.8 Å². The zero-order chi connectivity index (χ0) is 19.3. The van der Waals surface area contributed by atoms with Crippen molar-refractivity contribution in [3.05, 3.63) is 91.3 Å². The van der Waals surface area contributed by atoms with Gasteiger partial charge in [0, 0.05) is 64.9 Å². The summed E-state index contributed by atoms with van der Waals surface area (Å²) in [6, 6.07) is 25.6. The molecule has 0 fully saturated rings. The first-order valence-electron chi connectivity index (χ1n) is 9.35. The lowest BCUT2D eigenvalue weighted by Gasteiger charge is -2.22. The number of benzene rings is 3. The third kappa shape index (κ3) is 2.44. The van der Waals surface area contributed by atoms with Crippen LogP contribution < -0.4 is 15.9 Å². The monoisotopic (exact) mass is 400 g/mol. The highest BCUT2D eigenvalue weighted by Gasteiger charge is 2.31. The fraction of sp³-hybridized carbons (Fsp3) is 0.0833. The van der Waals surface area contributed by atoms with Crippen LogP contribution in [0.5, 0.6) is 0 Å². The first-order chi connectivity index (χ1) is 13.6. The molecule has 0 aliphatic heterocycles. The van der Waals surface area contributed by atoms with Gasteiger partial charge in [0.05, 0.1) is 0 Å². The van der Waals surface area contributed by atoms with Crippen LogP contribution in [0.2, 0.25) is 0 Å². The van der Waals surface area contributed by atoms with Gasteiger partial charge >= 0.3 is 0 Å². The van der Waals surface area contributed by atoms with E-state index in [1.807, 2.05) is 0 Å². The minimum absolute atomic E-state index is 1.22. The second-order valence-electron chi connectivity index (χ2n) is 7.23. The number of rotatable bonds is 3. The molecule has 28 heavy (non-hydrogen) atoms.